The smallest absolute Gasteiger partial charge is 0.405 e. The fourth-order valence-electron chi connectivity index (χ4n) is 3.13. The van der Waals surface area contributed by atoms with Gasteiger partial charge in [0.05, 0.1) is 5.69 Å². The number of carboxylic acid groups (broad SMARTS) is 2. The van der Waals surface area contributed by atoms with Crippen molar-refractivity contribution in [2.75, 3.05) is 10.6 Å². The minimum Gasteiger partial charge on any atom is -0.465 e. The fourth-order valence-corrected chi connectivity index (χ4v) is 3.13. The highest BCUT2D eigenvalue weighted by Gasteiger charge is 2.17. The van der Waals surface area contributed by atoms with Gasteiger partial charge in [0.2, 0.25) is 11.8 Å². The Bertz CT molecular complexity index is 1330. The molecule has 0 radical (unpaired) electrons. The highest BCUT2D eigenvalue weighted by Crippen LogP contribution is 2.22. The lowest BCUT2D eigenvalue weighted by molar-refractivity contribution is -0.118. The Hall–Kier alpha value is -5.14. The molecule has 0 bridgehead atoms. The van der Waals surface area contributed by atoms with E-state index in [0.29, 0.717) is 22.6 Å². The van der Waals surface area contributed by atoms with Crippen LogP contribution in [-0.4, -0.2) is 61.1 Å². The molecule has 0 saturated heterocycles. The molecule has 2 atom stereocenters. The van der Waals surface area contributed by atoms with Gasteiger partial charge in [0, 0.05) is 16.9 Å². The van der Waals surface area contributed by atoms with Crippen molar-refractivity contribution in [1.29, 1.82) is 0 Å². The van der Waals surface area contributed by atoms with Crippen LogP contribution in [0, 0.1) is 0 Å². The molecule has 188 valence electrons. The number of aromatic amines is 1. The average molecular weight is 497 g/mol. The third-order valence-electron chi connectivity index (χ3n) is 4.94. The first-order valence-corrected chi connectivity index (χ1v) is 10.5. The van der Waals surface area contributed by atoms with E-state index >= 15 is 0 Å². The zero-order valence-electron chi connectivity index (χ0n) is 19.1. The molecule has 36 heavy (non-hydrogen) atoms. The maximum atomic E-state index is 12.4. The second kappa shape index (κ2) is 10.9. The Morgan fingerprint density at radius 2 is 1.25 bits per heavy atom. The van der Waals surface area contributed by atoms with Crippen molar-refractivity contribution < 1.29 is 29.4 Å². The van der Waals surface area contributed by atoms with Crippen molar-refractivity contribution in [3.63, 3.8) is 0 Å². The van der Waals surface area contributed by atoms with E-state index in [1.165, 1.54) is 18.4 Å². The molecule has 1 aromatic heterocycles. The lowest BCUT2D eigenvalue weighted by Crippen LogP contribution is -2.40. The summed E-state index contributed by atoms with van der Waals surface area (Å²) in [6.45, 7) is 2.81. The number of rotatable bonds is 8. The number of hydrogen-bond donors (Lipinski definition) is 7. The van der Waals surface area contributed by atoms with Crippen LogP contribution in [0.25, 0.3) is 17.1 Å². The maximum absolute atomic E-state index is 12.4. The largest absolute Gasteiger partial charge is 0.465 e. The molecule has 3 rings (SSSR count). The predicted molar refractivity (Wildman–Crippen MR) is 128 cm³/mol. The van der Waals surface area contributed by atoms with Gasteiger partial charge in [-0.3, -0.25) is 9.59 Å². The van der Waals surface area contributed by atoms with Crippen molar-refractivity contribution in [3.05, 3.63) is 59.0 Å². The molecule has 1 heterocycles. The first kappa shape index (κ1) is 25.5. The standard InChI is InChI=1S/C22H23N7O7/c1-11(23-21(33)34)18(30)25-14-5-3-13(4-6-14)17-27-28-20(32)29(17)16-9-7-15(8-10-16)26-19(31)12(2)24-22(35)36/h3-12,23-24H,1-2H3,(H,25,30)(H,26,31)(H,28,32)(H,33,34)(H,35,36)/t11-,12-/m0/s1. The number of H-pyrrole nitrogens is 1. The molecule has 0 fully saturated rings. The molecule has 0 saturated carbocycles. The van der Waals surface area contributed by atoms with E-state index in [0.717, 1.165) is 0 Å². The molecule has 0 aliphatic heterocycles. The van der Waals surface area contributed by atoms with Crippen LogP contribution in [0.15, 0.2) is 53.3 Å². The topological polar surface area (TPSA) is 208 Å². The highest BCUT2D eigenvalue weighted by molar-refractivity contribution is 5.97. The Balaban J connectivity index is 1.75. The van der Waals surface area contributed by atoms with E-state index in [1.807, 2.05) is 0 Å². The number of nitrogens with zero attached hydrogens (tertiary/aromatic N) is 2. The molecule has 0 unspecified atom stereocenters. The first-order valence-electron chi connectivity index (χ1n) is 10.5. The van der Waals surface area contributed by atoms with Crippen LogP contribution in [0.2, 0.25) is 0 Å². The summed E-state index contributed by atoms with van der Waals surface area (Å²) in [5.74, 6) is -0.802. The predicted octanol–water partition coefficient (Wildman–Crippen LogP) is 1.42. The summed E-state index contributed by atoms with van der Waals surface area (Å²) in [5, 5.41) is 33.2. The van der Waals surface area contributed by atoms with Crippen LogP contribution in [0.4, 0.5) is 21.0 Å². The SMILES string of the molecule is C[C@H](NC(=O)O)C(=O)Nc1ccc(-c2n[nH]c(=O)n2-c2ccc(NC(=O)[C@H](C)NC(=O)O)cc2)cc1. The van der Waals surface area contributed by atoms with Gasteiger partial charge in [0.25, 0.3) is 0 Å². The monoisotopic (exact) mass is 497 g/mol. The van der Waals surface area contributed by atoms with Crippen LogP contribution in [0.1, 0.15) is 13.8 Å². The summed E-state index contributed by atoms with van der Waals surface area (Å²) in [6, 6.07) is 10.8. The summed E-state index contributed by atoms with van der Waals surface area (Å²) in [4.78, 5) is 57.9. The molecule has 0 aliphatic carbocycles. The zero-order chi connectivity index (χ0) is 26.4. The number of anilines is 2. The zero-order valence-corrected chi connectivity index (χ0v) is 19.1. The number of nitrogens with one attached hydrogen (secondary N) is 5. The Kier molecular flexibility index (Phi) is 7.69. The van der Waals surface area contributed by atoms with Gasteiger partial charge in [-0.05, 0) is 62.4 Å². The average Bonchev–Trinajstić information content (AvgIpc) is 3.20. The van der Waals surface area contributed by atoms with Crippen molar-refractivity contribution in [2.24, 2.45) is 0 Å². The Labute approximate surface area is 203 Å². The molecular formula is C22H23N7O7. The second-order valence-corrected chi connectivity index (χ2v) is 7.63. The Morgan fingerprint density at radius 1 is 0.806 bits per heavy atom. The van der Waals surface area contributed by atoms with E-state index in [-0.39, 0.29) is 5.82 Å². The number of carbonyl (C=O) groups is 4. The summed E-state index contributed by atoms with van der Waals surface area (Å²) >= 11 is 0. The van der Waals surface area contributed by atoms with Gasteiger partial charge < -0.3 is 31.5 Å². The van der Waals surface area contributed by atoms with Crippen LogP contribution < -0.4 is 27.0 Å². The van der Waals surface area contributed by atoms with Crippen molar-refractivity contribution in [2.45, 2.75) is 25.9 Å². The minimum absolute atomic E-state index is 0.287. The number of amides is 4. The van der Waals surface area contributed by atoms with Gasteiger partial charge in [0.15, 0.2) is 5.82 Å². The van der Waals surface area contributed by atoms with Gasteiger partial charge in [-0.1, -0.05) is 0 Å². The van der Waals surface area contributed by atoms with E-state index in [4.69, 9.17) is 10.2 Å². The van der Waals surface area contributed by atoms with Gasteiger partial charge in [-0.15, -0.1) is 0 Å². The molecule has 4 amide bonds. The van der Waals surface area contributed by atoms with Crippen molar-refractivity contribution in [1.82, 2.24) is 25.4 Å². The molecule has 3 aromatic rings. The van der Waals surface area contributed by atoms with Crippen LogP contribution >= 0.6 is 0 Å². The summed E-state index contributed by atoms with van der Waals surface area (Å²) in [7, 11) is 0. The summed E-state index contributed by atoms with van der Waals surface area (Å²) in [6.07, 6.45) is -2.63. The Morgan fingerprint density at radius 3 is 1.69 bits per heavy atom. The van der Waals surface area contributed by atoms with Crippen LogP contribution in [0.3, 0.4) is 0 Å². The third-order valence-corrected chi connectivity index (χ3v) is 4.94. The van der Waals surface area contributed by atoms with Crippen molar-refractivity contribution >= 4 is 35.4 Å². The van der Waals surface area contributed by atoms with Gasteiger partial charge in [-0.25, -0.2) is 24.0 Å². The van der Waals surface area contributed by atoms with Gasteiger partial charge in [-0.2, -0.15) is 5.10 Å². The number of aromatic nitrogens is 3. The molecule has 14 heteroatoms. The number of carbonyl (C=O) groups excluding carboxylic acids is 2. The van der Waals surface area contributed by atoms with Gasteiger partial charge >= 0.3 is 17.9 Å². The minimum atomic E-state index is -1.32. The molecule has 0 aliphatic rings. The van der Waals surface area contributed by atoms with Gasteiger partial charge in [0.1, 0.15) is 12.1 Å². The van der Waals surface area contributed by atoms with E-state index in [1.54, 1.807) is 48.5 Å². The fraction of sp³-hybridized carbons (Fsp3) is 0.182. The highest BCUT2D eigenvalue weighted by atomic mass is 16.4. The molecule has 0 spiro atoms. The molecular weight excluding hydrogens is 474 g/mol. The number of hydrogen-bond acceptors (Lipinski definition) is 6. The molecule has 14 nitrogen and oxygen atoms in total. The molecule has 2 aromatic carbocycles. The maximum Gasteiger partial charge on any atom is 0.405 e. The normalized spacial score (nSPS) is 12.2. The van der Waals surface area contributed by atoms with E-state index in [2.05, 4.69) is 31.5 Å². The molecule has 7 N–H and O–H groups in total. The van der Waals surface area contributed by atoms with Crippen LogP contribution in [0.5, 0.6) is 0 Å². The van der Waals surface area contributed by atoms with Crippen molar-refractivity contribution in [3.8, 4) is 17.1 Å². The summed E-state index contributed by atoms with van der Waals surface area (Å²) in [5.41, 5.74) is 1.30. The van der Waals surface area contributed by atoms with E-state index < -0.39 is 41.8 Å². The third kappa shape index (κ3) is 6.25. The summed E-state index contributed by atoms with van der Waals surface area (Å²) < 4.78 is 1.31. The van der Waals surface area contributed by atoms with Crippen LogP contribution in [-0.2, 0) is 9.59 Å². The second-order valence-electron chi connectivity index (χ2n) is 7.63. The lowest BCUT2D eigenvalue weighted by atomic mass is 10.1. The first-order chi connectivity index (χ1) is 17.0. The number of benzene rings is 2. The lowest BCUT2D eigenvalue weighted by Gasteiger charge is -2.13. The quantitative estimate of drug-likeness (QED) is 0.241. The van der Waals surface area contributed by atoms with E-state index in [9.17, 15) is 24.0 Å².